The number of hydrogen-bond acceptors (Lipinski definition) is 14. The van der Waals surface area contributed by atoms with E-state index in [0.717, 1.165) is 147 Å². The van der Waals surface area contributed by atoms with Crippen molar-refractivity contribution in [1.82, 2.24) is 44.9 Å². The van der Waals surface area contributed by atoms with Crippen molar-refractivity contribution >= 4 is 180 Å². The molecule has 0 aliphatic rings. The fourth-order valence-corrected chi connectivity index (χ4v) is 22.0. The zero-order valence-corrected chi connectivity index (χ0v) is 68.5. The first-order valence-electron chi connectivity index (χ1n) is 40.0. The SMILES string of the molecule is c1ccc(-c2nc(-c3ccc(-c4ccc5c6ccccc6c6ccccc6c5c4)cc3)nc3sc4ccccc4c23)cc1.c1ccc(-c2nc(-c3ccc(-c4nc(-c5ccccc5)c5c(n4)sc4ccccc45)cc3)c3sc4ccccc4c3n2)cc1.c1ccc(-c2nc(-c3ccc(-c4nc5ccccc5s4)cc3)nc3sc4ccccc4c23)cc1. The number of para-hydroxylation sites is 1. The van der Waals surface area contributed by atoms with Crippen molar-refractivity contribution < 1.29 is 0 Å². The Morgan fingerprint density at radius 2 is 0.463 bits per heavy atom. The third-order valence-electron chi connectivity index (χ3n) is 22.4. The number of aromatic nitrogens is 9. The van der Waals surface area contributed by atoms with E-state index < -0.39 is 0 Å². The van der Waals surface area contributed by atoms with Crippen LogP contribution in [-0.2, 0) is 0 Å². The number of nitrogens with zero attached hydrogens (tertiary/aromatic N) is 9. The van der Waals surface area contributed by atoms with Crippen LogP contribution in [-0.4, -0.2) is 44.9 Å². The lowest BCUT2D eigenvalue weighted by Gasteiger charge is -2.12. The zero-order valence-electron chi connectivity index (χ0n) is 64.4. The van der Waals surface area contributed by atoms with Crippen LogP contribution in [0.1, 0.15) is 0 Å². The van der Waals surface area contributed by atoms with Gasteiger partial charge in [0.05, 0.1) is 43.2 Å². The summed E-state index contributed by atoms with van der Waals surface area (Å²) in [6, 6.07) is 134. The van der Waals surface area contributed by atoms with Crippen LogP contribution in [0.25, 0.3) is 236 Å². The van der Waals surface area contributed by atoms with Gasteiger partial charge in [0.25, 0.3) is 0 Å². The van der Waals surface area contributed by atoms with Gasteiger partial charge in [0.15, 0.2) is 23.3 Å². The summed E-state index contributed by atoms with van der Waals surface area (Å²) in [5, 5.41) is 16.9. The van der Waals surface area contributed by atoms with Crippen LogP contribution in [0.3, 0.4) is 0 Å². The average Bonchev–Trinajstić information content (AvgIpc) is 0.953. The van der Waals surface area contributed by atoms with Crippen LogP contribution in [0.4, 0.5) is 0 Å². The third-order valence-corrected chi connectivity index (χ3v) is 27.9. The molecule has 9 heterocycles. The third kappa shape index (κ3) is 13.1. The van der Waals surface area contributed by atoms with Crippen molar-refractivity contribution in [3.63, 3.8) is 0 Å². The first-order valence-corrected chi connectivity index (χ1v) is 44.0. The zero-order chi connectivity index (χ0) is 79.9. The van der Waals surface area contributed by atoms with Gasteiger partial charge in [0.2, 0.25) is 0 Å². The Labute approximate surface area is 713 Å². The number of hydrogen-bond donors (Lipinski definition) is 0. The van der Waals surface area contributed by atoms with E-state index in [1.807, 2.05) is 42.5 Å². The molecule has 0 aliphatic heterocycles. The summed E-state index contributed by atoms with van der Waals surface area (Å²) in [4.78, 5) is 48.6. The van der Waals surface area contributed by atoms with Gasteiger partial charge in [-0.3, -0.25) is 0 Å². The second kappa shape index (κ2) is 30.4. The molecule has 0 saturated heterocycles. The normalized spacial score (nSPS) is 11.6. The lowest BCUT2D eigenvalue weighted by Crippen LogP contribution is -1.95. The highest BCUT2D eigenvalue weighted by atomic mass is 32.1. The molecule has 0 radical (unpaired) electrons. The summed E-state index contributed by atoms with van der Waals surface area (Å²) in [6.07, 6.45) is 0. The predicted molar refractivity (Wildman–Crippen MR) is 513 cm³/mol. The Morgan fingerprint density at radius 1 is 0.165 bits per heavy atom. The van der Waals surface area contributed by atoms with E-state index in [1.165, 1.54) is 83.1 Å². The molecule has 16 aromatic carbocycles. The highest BCUT2D eigenvalue weighted by Gasteiger charge is 2.23. The summed E-state index contributed by atoms with van der Waals surface area (Å²) in [5.41, 5.74) is 17.7. The van der Waals surface area contributed by atoms with E-state index in [2.05, 4.69) is 340 Å². The molecule has 25 aromatic rings. The van der Waals surface area contributed by atoms with Crippen LogP contribution in [0.15, 0.2) is 382 Å². The van der Waals surface area contributed by atoms with Crippen LogP contribution in [0, 0.1) is 0 Å². The van der Waals surface area contributed by atoms with Crippen molar-refractivity contribution in [2.45, 2.75) is 0 Å². The number of fused-ring (bicyclic) bond motifs is 19. The second-order valence-corrected chi connectivity index (χ2v) is 34.9. The van der Waals surface area contributed by atoms with Crippen molar-refractivity contribution in [2.24, 2.45) is 0 Å². The average molecular weight is 1640 g/mol. The summed E-state index contributed by atoms with van der Waals surface area (Å²) in [5.74, 6) is 2.94. The highest BCUT2D eigenvalue weighted by Crippen LogP contribution is 2.47. The Bertz CT molecular complexity index is 8250. The number of benzene rings is 16. The Balaban J connectivity index is 0.000000107. The molecular weight excluding hydrogens is 1570 g/mol. The molecule has 0 atom stereocenters. The van der Waals surface area contributed by atoms with E-state index in [0.29, 0.717) is 5.82 Å². The first-order chi connectivity index (χ1) is 59.9. The molecule has 25 rings (SSSR count). The fraction of sp³-hybridized carbons (Fsp3) is 0. The lowest BCUT2D eigenvalue weighted by atomic mass is 9.92. The highest BCUT2D eigenvalue weighted by molar-refractivity contribution is 7.27. The Hall–Kier alpha value is -14.6. The molecule has 121 heavy (non-hydrogen) atoms. The van der Waals surface area contributed by atoms with E-state index in [4.69, 9.17) is 44.9 Å². The van der Waals surface area contributed by atoms with Crippen LogP contribution < -0.4 is 0 Å². The van der Waals surface area contributed by atoms with E-state index in [1.54, 1.807) is 56.7 Å². The molecular formula is C107H63N9S5. The van der Waals surface area contributed by atoms with Gasteiger partial charge >= 0.3 is 0 Å². The number of rotatable bonds is 10. The van der Waals surface area contributed by atoms with Crippen molar-refractivity contribution in [1.29, 1.82) is 0 Å². The molecule has 0 amide bonds. The van der Waals surface area contributed by atoms with Crippen molar-refractivity contribution in [2.75, 3.05) is 0 Å². The van der Waals surface area contributed by atoms with E-state index in [-0.39, 0.29) is 0 Å². The fourth-order valence-electron chi connectivity index (χ4n) is 16.6. The molecule has 0 N–H and O–H groups in total. The minimum Gasteiger partial charge on any atom is -0.236 e. The maximum Gasteiger partial charge on any atom is 0.161 e. The maximum atomic E-state index is 5.17. The van der Waals surface area contributed by atoms with Crippen LogP contribution >= 0.6 is 56.7 Å². The smallest absolute Gasteiger partial charge is 0.161 e. The molecule has 0 aliphatic carbocycles. The van der Waals surface area contributed by atoms with Gasteiger partial charge < -0.3 is 0 Å². The standard InChI is InChI=1S/C40H24N2S.C38H22N4S2.C29H17N3S2/c1-2-10-26(11-3-1)38-37-34-16-8-9-17-36(34)43-40(37)42-39(41-38)27-20-18-25(19-21-27)28-22-23-33-31-14-5-4-12-29(31)30-13-6-7-15-32(30)35(33)24-28;1-3-11-23(12-4-1)32-31-27-15-7-9-17-29(27)44-38(31)42-37(39-32)26-21-19-24(20-22-26)33-35-34(28-16-8-10-18-30(28)43-35)41-36(40-33)25-13-5-2-6-14-25;1-2-8-18(9-3-1)26-25-21-10-4-6-12-23(21)33-29(25)32-27(31-26)19-14-16-20(17-15-19)28-30-22-11-5-7-13-24(22)34-28/h1-24H;1-22H;1-17H. The molecule has 0 bridgehead atoms. The number of thiophene rings is 4. The predicted octanol–water partition coefficient (Wildman–Crippen LogP) is 30.4. The second-order valence-electron chi connectivity index (χ2n) is 29.7. The summed E-state index contributed by atoms with van der Waals surface area (Å²) >= 11 is 8.63. The van der Waals surface area contributed by atoms with Gasteiger partial charge in [-0.05, 0) is 85.9 Å². The Kier molecular flexibility index (Phi) is 18.0. The first kappa shape index (κ1) is 71.7. The van der Waals surface area contributed by atoms with Gasteiger partial charge in [0.1, 0.15) is 19.5 Å². The molecule has 566 valence electrons. The molecule has 0 saturated carbocycles. The molecule has 9 nitrogen and oxygen atoms in total. The minimum absolute atomic E-state index is 0.717. The minimum atomic E-state index is 0.717. The molecule has 9 aromatic heterocycles. The molecule has 0 unspecified atom stereocenters. The molecule has 0 fully saturated rings. The topological polar surface area (TPSA) is 116 Å². The lowest BCUT2D eigenvalue weighted by molar-refractivity contribution is 1.23. The van der Waals surface area contributed by atoms with Gasteiger partial charge in [-0.1, -0.05) is 340 Å². The summed E-state index contributed by atoms with van der Waals surface area (Å²) in [6.45, 7) is 0. The quantitative estimate of drug-likeness (QED) is 0.123. The summed E-state index contributed by atoms with van der Waals surface area (Å²) < 4.78 is 7.17. The van der Waals surface area contributed by atoms with E-state index >= 15 is 0 Å². The van der Waals surface area contributed by atoms with Gasteiger partial charge in [0, 0.05) is 107 Å². The number of thiazole rings is 1. The largest absolute Gasteiger partial charge is 0.236 e. The van der Waals surface area contributed by atoms with Crippen LogP contribution in [0.2, 0.25) is 0 Å². The Morgan fingerprint density at radius 3 is 0.901 bits per heavy atom. The van der Waals surface area contributed by atoms with Gasteiger partial charge in [-0.25, -0.2) is 44.9 Å². The molecule has 0 spiro atoms. The van der Waals surface area contributed by atoms with Crippen molar-refractivity contribution in [3.8, 4) is 112 Å². The van der Waals surface area contributed by atoms with Crippen molar-refractivity contribution in [3.05, 3.63) is 382 Å². The van der Waals surface area contributed by atoms with Gasteiger partial charge in [-0.2, -0.15) is 0 Å². The van der Waals surface area contributed by atoms with E-state index in [9.17, 15) is 0 Å². The maximum absolute atomic E-state index is 5.17. The van der Waals surface area contributed by atoms with Crippen LogP contribution in [0.5, 0.6) is 0 Å². The molecule has 14 heteroatoms. The summed E-state index contributed by atoms with van der Waals surface area (Å²) in [7, 11) is 0. The monoisotopic (exact) mass is 1630 g/mol. The van der Waals surface area contributed by atoms with Gasteiger partial charge in [-0.15, -0.1) is 56.7 Å².